The second-order valence-corrected chi connectivity index (χ2v) is 10.6. The summed E-state index contributed by atoms with van der Waals surface area (Å²) >= 11 is 7.20. The van der Waals surface area contributed by atoms with Crippen molar-refractivity contribution >= 4 is 64.5 Å². The van der Waals surface area contributed by atoms with E-state index in [1.165, 1.54) is 36.0 Å². The zero-order valence-corrected chi connectivity index (χ0v) is 21.7. The Hall–Kier alpha value is -3.62. The van der Waals surface area contributed by atoms with Gasteiger partial charge in [-0.3, -0.25) is 4.79 Å². The van der Waals surface area contributed by atoms with Gasteiger partial charge in [0.1, 0.15) is 5.82 Å². The highest BCUT2D eigenvalue weighted by atomic mass is 35.5. The molecule has 1 N–H and O–H groups in total. The van der Waals surface area contributed by atoms with Crippen LogP contribution in [0, 0.1) is 5.82 Å². The summed E-state index contributed by atoms with van der Waals surface area (Å²) in [4.78, 5) is 15.7. The molecule has 0 amide bonds. The number of rotatable bonds is 6. The lowest BCUT2D eigenvalue weighted by Gasteiger charge is -2.22. The van der Waals surface area contributed by atoms with Gasteiger partial charge in [0.25, 0.3) is 0 Å². The molecule has 1 aliphatic rings. The number of thioether (sulfide) groups is 1. The molecule has 198 valence electrons. The molecule has 39 heavy (non-hydrogen) atoms. The molecule has 0 saturated heterocycles. The van der Waals surface area contributed by atoms with Crippen molar-refractivity contribution in [1.29, 1.82) is 0 Å². The summed E-state index contributed by atoms with van der Waals surface area (Å²) in [6.45, 7) is 0. The summed E-state index contributed by atoms with van der Waals surface area (Å²) in [5.74, 6) is -1.25. The van der Waals surface area contributed by atoms with E-state index in [1.807, 2.05) is 24.3 Å². The van der Waals surface area contributed by atoms with Gasteiger partial charge in [-0.25, -0.2) is 9.37 Å². The largest absolute Gasteiger partial charge is 0.481 e. The number of pyridine rings is 1. The maximum absolute atomic E-state index is 13.8. The van der Waals surface area contributed by atoms with Crippen LogP contribution in [0.5, 0.6) is 0 Å². The molecule has 3 nitrogen and oxygen atoms in total. The Morgan fingerprint density at radius 3 is 2.62 bits per heavy atom. The molecule has 9 heteroatoms. The first-order chi connectivity index (χ1) is 18.6. The number of halogens is 5. The van der Waals surface area contributed by atoms with Gasteiger partial charge in [0, 0.05) is 11.1 Å². The van der Waals surface area contributed by atoms with Crippen LogP contribution in [-0.2, 0) is 11.0 Å². The van der Waals surface area contributed by atoms with E-state index in [9.17, 15) is 22.4 Å². The summed E-state index contributed by atoms with van der Waals surface area (Å²) in [5, 5.41) is 9.23. The SMILES string of the molecule is O=C(O)CCSC1c2cc(C=Cc3ccc4cc(F)c(Cl)cc4n3)ccc2C=Cc2c1cccc2C(F)(F)F. The number of hydrogen-bond acceptors (Lipinski definition) is 3. The first-order valence-electron chi connectivity index (χ1n) is 11.9. The Balaban J connectivity index is 1.53. The number of benzene rings is 3. The Morgan fingerprint density at radius 1 is 1.03 bits per heavy atom. The highest BCUT2D eigenvalue weighted by Crippen LogP contribution is 2.46. The molecule has 0 bridgehead atoms. The van der Waals surface area contributed by atoms with E-state index < -0.39 is 28.8 Å². The number of carboxylic acid groups (broad SMARTS) is 1. The fourth-order valence-corrected chi connectivity index (χ4v) is 5.97. The van der Waals surface area contributed by atoms with Crippen molar-refractivity contribution in [1.82, 2.24) is 4.98 Å². The molecule has 0 fully saturated rings. The van der Waals surface area contributed by atoms with Gasteiger partial charge in [-0.05, 0) is 64.2 Å². The lowest BCUT2D eigenvalue weighted by Crippen LogP contribution is -2.11. The molecule has 1 aliphatic carbocycles. The zero-order valence-electron chi connectivity index (χ0n) is 20.2. The van der Waals surface area contributed by atoms with Crippen molar-refractivity contribution in [3.05, 3.63) is 111 Å². The van der Waals surface area contributed by atoms with Crippen LogP contribution in [0.1, 0.15) is 50.7 Å². The Bertz CT molecular complexity index is 1650. The highest BCUT2D eigenvalue weighted by Gasteiger charge is 2.35. The molecule has 0 saturated carbocycles. The van der Waals surface area contributed by atoms with Crippen LogP contribution >= 0.6 is 23.4 Å². The van der Waals surface area contributed by atoms with E-state index in [4.69, 9.17) is 16.7 Å². The minimum atomic E-state index is -4.53. The van der Waals surface area contributed by atoms with Crippen LogP contribution in [0.4, 0.5) is 17.6 Å². The lowest BCUT2D eigenvalue weighted by atomic mass is 9.95. The molecule has 0 radical (unpaired) electrons. The van der Waals surface area contributed by atoms with Crippen LogP contribution in [-0.4, -0.2) is 21.8 Å². The van der Waals surface area contributed by atoms with Gasteiger partial charge in [0.15, 0.2) is 0 Å². The number of aromatic nitrogens is 1. The highest BCUT2D eigenvalue weighted by molar-refractivity contribution is 7.99. The molecule has 1 aromatic heterocycles. The summed E-state index contributed by atoms with van der Waals surface area (Å²) in [5.41, 5.74) is 3.34. The van der Waals surface area contributed by atoms with Gasteiger partial charge in [-0.1, -0.05) is 60.2 Å². The fraction of sp³-hybridized carbons (Fsp3) is 0.133. The molecular weight excluding hydrogens is 550 g/mol. The Morgan fingerprint density at radius 2 is 1.85 bits per heavy atom. The number of carboxylic acids is 1. The monoisotopic (exact) mass is 569 g/mol. The predicted molar refractivity (Wildman–Crippen MR) is 149 cm³/mol. The minimum Gasteiger partial charge on any atom is -0.481 e. The smallest absolute Gasteiger partial charge is 0.416 e. The zero-order chi connectivity index (χ0) is 27.7. The lowest BCUT2D eigenvalue weighted by molar-refractivity contribution is -0.138. The average Bonchev–Trinajstić information content (AvgIpc) is 3.04. The molecule has 0 spiro atoms. The quantitative estimate of drug-likeness (QED) is 0.235. The van der Waals surface area contributed by atoms with E-state index in [0.717, 1.165) is 22.8 Å². The molecule has 1 atom stereocenters. The van der Waals surface area contributed by atoms with Crippen molar-refractivity contribution in [2.75, 3.05) is 5.75 Å². The van der Waals surface area contributed by atoms with E-state index in [-0.39, 0.29) is 22.8 Å². The maximum Gasteiger partial charge on any atom is 0.416 e. The first-order valence-corrected chi connectivity index (χ1v) is 13.3. The minimum absolute atomic E-state index is 0.0182. The van der Waals surface area contributed by atoms with Crippen LogP contribution in [0.3, 0.4) is 0 Å². The molecule has 4 aromatic rings. The van der Waals surface area contributed by atoms with Crippen molar-refractivity contribution in [3.8, 4) is 0 Å². The van der Waals surface area contributed by atoms with E-state index in [2.05, 4.69) is 4.98 Å². The summed E-state index contributed by atoms with van der Waals surface area (Å²) < 4.78 is 55.2. The molecule has 3 aromatic carbocycles. The molecule has 1 heterocycles. The standard InChI is InChI=1S/C30H20ClF4NO2S/c31-25-16-27-19(15-26(25)32)7-10-20(36-27)9-5-17-4-6-18-8-11-21-22(2-1-3-24(21)30(33,34)35)29(23(18)14-17)39-13-12-28(37)38/h1-11,14-16,29H,12-13H2,(H,37,38). The number of alkyl halides is 3. The Labute approximate surface area is 230 Å². The van der Waals surface area contributed by atoms with Crippen LogP contribution < -0.4 is 0 Å². The van der Waals surface area contributed by atoms with Crippen molar-refractivity contribution in [2.45, 2.75) is 17.8 Å². The van der Waals surface area contributed by atoms with Gasteiger partial charge < -0.3 is 5.11 Å². The van der Waals surface area contributed by atoms with Crippen LogP contribution in [0.25, 0.3) is 35.2 Å². The van der Waals surface area contributed by atoms with Crippen molar-refractivity contribution < 1.29 is 27.5 Å². The fourth-order valence-electron chi connectivity index (χ4n) is 4.51. The van der Waals surface area contributed by atoms with Crippen LogP contribution in [0.15, 0.2) is 60.7 Å². The molecule has 5 rings (SSSR count). The third-order valence-electron chi connectivity index (χ3n) is 6.35. The molecular formula is C30H20ClF4NO2S. The maximum atomic E-state index is 13.8. The summed E-state index contributed by atoms with van der Waals surface area (Å²) in [7, 11) is 0. The van der Waals surface area contributed by atoms with Crippen molar-refractivity contribution in [2.24, 2.45) is 0 Å². The number of nitrogens with zero attached hydrogens (tertiary/aromatic N) is 1. The van der Waals surface area contributed by atoms with E-state index in [1.54, 1.807) is 30.4 Å². The number of hydrogen-bond donors (Lipinski definition) is 1. The first kappa shape index (κ1) is 27.0. The topological polar surface area (TPSA) is 50.2 Å². The third-order valence-corrected chi connectivity index (χ3v) is 7.92. The second kappa shape index (κ2) is 10.9. The predicted octanol–water partition coefficient (Wildman–Crippen LogP) is 9.00. The van der Waals surface area contributed by atoms with Gasteiger partial charge in [0.2, 0.25) is 0 Å². The summed E-state index contributed by atoms with van der Waals surface area (Å²) in [6.07, 6.45) is 2.13. The van der Waals surface area contributed by atoms with Crippen LogP contribution in [0.2, 0.25) is 5.02 Å². The number of aliphatic carboxylic acids is 1. The van der Waals surface area contributed by atoms with Gasteiger partial charge >= 0.3 is 12.1 Å². The second-order valence-electron chi connectivity index (χ2n) is 8.95. The van der Waals surface area contributed by atoms with E-state index in [0.29, 0.717) is 22.2 Å². The Kier molecular flexibility index (Phi) is 7.51. The normalized spacial score (nSPS) is 14.8. The van der Waals surface area contributed by atoms with E-state index >= 15 is 0 Å². The van der Waals surface area contributed by atoms with Gasteiger partial charge in [-0.15, -0.1) is 11.8 Å². The molecule has 1 unspecified atom stereocenters. The average molecular weight is 570 g/mol. The van der Waals surface area contributed by atoms with Gasteiger partial charge in [0.05, 0.1) is 33.5 Å². The molecule has 0 aliphatic heterocycles. The summed E-state index contributed by atoms with van der Waals surface area (Å²) in [6, 6.07) is 16.0. The van der Waals surface area contributed by atoms with Crippen molar-refractivity contribution in [3.63, 3.8) is 0 Å². The van der Waals surface area contributed by atoms with Gasteiger partial charge in [-0.2, -0.15) is 13.2 Å². The number of carbonyl (C=O) groups is 1. The third kappa shape index (κ3) is 5.87. The number of fused-ring (bicyclic) bond motifs is 3.